The molecule has 0 aromatic heterocycles. The molecule has 0 radical (unpaired) electrons. The number of nitrogens with one attached hydrogen (secondary N) is 2. The quantitative estimate of drug-likeness (QED) is 0.706. The Kier molecular flexibility index (Phi) is 2.57. The molecule has 18 heavy (non-hydrogen) atoms. The average Bonchev–Trinajstić information content (AvgIpc) is 2.38. The van der Waals surface area contributed by atoms with Gasteiger partial charge < -0.3 is 10.6 Å². The lowest BCUT2D eigenvalue weighted by Crippen LogP contribution is -2.51. The van der Waals surface area contributed by atoms with Crippen LogP contribution in [-0.4, -0.2) is 19.0 Å². The molecule has 0 aliphatic carbocycles. The number of carbonyl (C=O) groups is 1. The summed E-state index contributed by atoms with van der Waals surface area (Å²) in [5, 5.41) is 15.2. The number of hydrogen-bond acceptors (Lipinski definition) is 3. The van der Waals surface area contributed by atoms with E-state index in [1.54, 1.807) is 0 Å². The Labute approximate surface area is 106 Å². The van der Waals surface area contributed by atoms with Crippen LogP contribution in [0.5, 0.6) is 0 Å². The average molecular weight is 241 g/mol. The molecule has 2 heterocycles. The second kappa shape index (κ2) is 4.11. The summed E-state index contributed by atoms with van der Waals surface area (Å²) in [5.41, 5.74) is 3.02. The van der Waals surface area contributed by atoms with Crippen LogP contribution in [-0.2, 0) is 16.8 Å². The number of benzene rings is 1. The molecular formula is C14H15N3O. The zero-order chi connectivity index (χ0) is 12.6. The first-order valence-electron chi connectivity index (χ1n) is 6.24. The summed E-state index contributed by atoms with van der Waals surface area (Å²) in [6, 6.07) is 8.00. The monoisotopic (exact) mass is 241 g/mol. The summed E-state index contributed by atoms with van der Waals surface area (Å²) in [6.07, 6.45) is 1.50. The maximum atomic E-state index is 11.7. The fourth-order valence-corrected chi connectivity index (χ4v) is 3.14. The highest BCUT2D eigenvalue weighted by Gasteiger charge is 2.40. The minimum absolute atomic E-state index is 0.0795. The molecule has 1 fully saturated rings. The van der Waals surface area contributed by atoms with Crippen LogP contribution in [0.4, 0.5) is 0 Å². The van der Waals surface area contributed by atoms with Gasteiger partial charge in [0.15, 0.2) is 0 Å². The third kappa shape index (κ3) is 1.68. The maximum absolute atomic E-state index is 11.7. The summed E-state index contributed by atoms with van der Waals surface area (Å²) >= 11 is 0. The van der Waals surface area contributed by atoms with Crippen LogP contribution in [0, 0.1) is 11.3 Å². The van der Waals surface area contributed by atoms with Crippen LogP contribution in [0.2, 0.25) is 0 Å². The topological polar surface area (TPSA) is 64.9 Å². The lowest BCUT2D eigenvalue weighted by atomic mass is 9.69. The Morgan fingerprint density at radius 1 is 1.39 bits per heavy atom. The number of piperidine rings is 1. The predicted molar refractivity (Wildman–Crippen MR) is 66.8 cm³/mol. The first-order valence-corrected chi connectivity index (χ1v) is 6.24. The molecule has 1 aromatic rings. The van der Waals surface area contributed by atoms with Crippen LogP contribution in [0.1, 0.15) is 29.5 Å². The Balaban J connectivity index is 2.06. The van der Waals surface area contributed by atoms with E-state index in [1.165, 1.54) is 5.56 Å². The van der Waals surface area contributed by atoms with Crippen molar-refractivity contribution in [1.29, 1.82) is 5.26 Å². The van der Waals surface area contributed by atoms with E-state index in [1.807, 2.05) is 18.2 Å². The van der Waals surface area contributed by atoms with E-state index in [0.29, 0.717) is 12.0 Å². The van der Waals surface area contributed by atoms with Crippen LogP contribution < -0.4 is 10.6 Å². The van der Waals surface area contributed by atoms with Crippen LogP contribution in [0.3, 0.4) is 0 Å². The normalized spacial score (nSPS) is 26.3. The third-order valence-electron chi connectivity index (χ3n) is 4.01. The molecule has 2 aliphatic rings. The zero-order valence-corrected chi connectivity index (χ0v) is 10.1. The molecule has 1 spiro atoms. The molecule has 1 saturated heterocycles. The zero-order valence-electron chi connectivity index (χ0n) is 10.1. The Bertz CT molecular complexity index is 546. The van der Waals surface area contributed by atoms with Crippen molar-refractivity contribution in [3.63, 3.8) is 0 Å². The number of hydrogen-bond donors (Lipinski definition) is 2. The summed E-state index contributed by atoms with van der Waals surface area (Å²) in [5.74, 6) is 0.125. The van der Waals surface area contributed by atoms with E-state index in [9.17, 15) is 4.79 Å². The van der Waals surface area contributed by atoms with Crippen LogP contribution in [0.25, 0.3) is 0 Å². The smallest absolute Gasteiger partial charge is 0.220 e. The van der Waals surface area contributed by atoms with Crippen molar-refractivity contribution in [3.05, 3.63) is 34.9 Å². The van der Waals surface area contributed by atoms with E-state index in [4.69, 9.17) is 5.26 Å². The van der Waals surface area contributed by atoms with Gasteiger partial charge in [-0.25, -0.2) is 0 Å². The molecule has 1 atom stereocenters. The number of nitriles is 1. The lowest BCUT2D eigenvalue weighted by Gasteiger charge is -2.42. The molecule has 0 saturated carbocycles. The summed E-state index contributed by atoms with van der Waals surface area (Å²) in [4.78, 5) is 11.7. The summed E-state index contributed by atoms with van der Waals surface area (Å²) in [6.45, 7) is 2.37. The number of nitrogens with zero attached hydrogens (tertiary/aromatic N) is 1. The number of amides is 1. The molecule has 1 aromatic carbocycles. The van der Waals surface area contributed by atoms with Gasteiger partial charge in [-0.3, -0.25) is 4.79 Å². The molecular weight excluding hydrogens is 226 g/mol. The van der Waals surface area contributed by atoms with Crippen molar-refractivity contribution in [1.82, 2.24) is 10.6 Å². The number of carbonyl (C=O) groups excluding carboxylic acids is 1. The lowest BCUT2D eigenvalue weighted by molar-refractivity contribution is -0.124. The van der Waals surface area contributed by atoms with Crippen molar-refractivity contribution < 1.29 is 4.79 Å². The molecule has 0 bridgehead atoms. The number of rotatable bonds is 0. The molecule has 2 N–H and O–H groups in total. The first-order chi connectivity index (χ1) is 8.73. The van der Waals surface area contributed by atoms with Gasteiger partial charge in [0, 0.05) is 31.5 Å². The maximum Gasteiger partial charge on any atom is 0.220 e. The Morgan fingerprint density at radius 2 is 2.28 bits per heavy atom. The van der Waals surface area contributed by atoms with Crippen molar-refractivity contribution in [2.24, 2.45) is 0 Å². The van der Waals surface area contributed by atoms with Gasteiger partial charge in [-0.15, -0.1) is 0 Å². The molecule has 4 nitrogen and oxygen atoms in total. The standard InChI is InChI=1S/C14H15N3O/c15-7-10-1-2-12-11(5-10)8-16-9-14(12)3-4-17-13(18)6-14/h1-2,5,16H,3-4,6,8-9H2,(H,17,18). The molecule has 4 heteroatoms. The van der Waals surface area contributed by atoms with E-state index in [-0.39, 0.29) is 11.3 Å². The minimum atomic E-state index is -0.0795. The van der Waals surface area contributed by atoms with Gasteiger partial charge >= 0.3 is 0 Å². The number of fused-ring (bicyclic) bond motifs is 2. The highest BCUT2D eigenvalue weighted by molar-refractivity contribution is 5.79. The van der Waals surface area contributed by atoms with E-state index >= 15 is 0 Å². The molecule has 92 valence electrons. The van der Waals surface area contributed by atoms with Crippen LogP contribution >= 0.6 is 0 Å². The molecule has 1 unspecified atom stereocenters. The predicted octanol–water partition coefficient (Wildman–Crippen LogP) is 0.809. The Morgan fingerprint density at radius 3 is 3.06 bits per heavy atom. The SMILES string of the molecule is N#Cc1ccc2c(c1)CNCC21CCNC(=O)C1. The van der Waals surface area contributed by atoms with Crippen molar-refractivity contribution >= 4 is 5.91 Å². The second-order valence-corrected chi connectivity index (χ2v) is 5.14. The van der Waals surface area contributed by atoms with E-state index in [2.05, 4.69) is 16.7 Å². The van der Waals surface area contributed by atoms with Gasteiger partial charge in [0.1, 0.15) is 0 Å². The van der Waals surface area contributed by atoms with Gasteiger partial charge in [0.25, 0.3) is 0 Å². The third-order valence-corrected chi connectivity index (χ3v) is 4.01. The van der Waals surface area contributed by atoms with Gasteiger partial charge in [-0.1, -0.05) is 6.07 Å². The van der Waals surface area contributed by atoms with Gasteiger partial charge in [-0.2, -0.15) is 5.26 Å². The van der Waals surface area contributed by atoms with Gasteiger partial charge in [-0.05, 0) is 29.7 Å². The van der Waals surface area contributed by atoms with Crippen LogP contribution in [0.15, 0.2) is 18.2 Å². The van der Waals surface area contributed by atoms with Crippen molar-refractivity contribution in [2.75, 3.05) is 13.1 Å². The second-order valence-electron chi connectivity index (χ2n) is 5.14. The Hall–Kier alpha value is -1.86. The summed E-state index contributed by atoms with van der Waals surface area (Å²) in [7, 11) is 0. The highest BCUT2D eigenvalue weighted by Crippen LogP contribution is 2.38. The molecule has 2 aliphatic heterocycles. The largest absolute Gasteiger partial charge is 0.356 e. The minimum Gasteiger partial charge on any atom is -0.356 e. The van der Waals surface area contributed by atoms with E-state index < -0.39 is 0 Å². The van der Waals surface area contributed by atoms with Crippen molar-refractivity contribution in [2.45, 2.75) is 24.8 Å². The fraction of sp³-hybridized carbons (Fsp3) is 0.429. The van der Waals surface area contributed by atoms with Crippen molar-refractivity contribution in [3.8, 4) is 6.07 Å². The summed E-state index contributed by atoms with van der Waals surface area (Å²) < 4.78 is 0. The highest BCUT2D eigenvalue weighted by atomic mass is 16.1. The first kappa shape index (κ1) is 11.2. The van der Waals surface area contributed by atoms with Gasteiger partial charge in [0.05, 0.1) is 11.6 Å². The van der Waals surface area contributed by atoms with E-state index in [0.717, 1.165) is 31.6 Å². The fourth-order valence-electron chi connectivity index (χ4n) is 3.14. The molecule has 3 rings (SSSR count). The molecule has 1 amide bonds. The van der Waals surface area contributed by atoms with Gasteiger partial charge in [0.2, 0.25) is 5.91 Å².